The first kappa shape index (κ1) is 22.4. The van der Waals surface area contributed by atoms with Gasteiger partial charge in [0.25, 0.3) is 0 Å². The number of halogens is 3. The summed E-state index contributed by atoms with van der Waals surface area (Å²) in [5.41, 5.74) is 0.992. The van der Waals surface area contributed by atoms with E-state index in [1.165, 1.54) is 18.2 Å². The van der Waals surface area contributed by atoms with E-state index in [0.717, 1.165) is 38.0 Å². The highest BCUT2D eigenvalue weighted by molar-refractivity contribution is 5.44. The van der Waals surface area contributed by atoms with Crippen LogP contribution in [0.15, 0.2) is 36.4 Å². The molecule has 1 aliphatic rings. The van der Waals surface area contributed by atoms with Gasteiger partial charge in [-0.05, 0) is 43.2 Å². The molecule has 3 rings (SSSR count). The standard InChI is InChI=1S/C24H25F3O3/c1-2-3-11-28-12-10-18-15-29-24(30-16-18)20-8-7-19(22(26)14-20)6-4-17-5-9-21(25)23(27)13-17/h5,7-9,13-14,18,24H,2-3,10-12,15-16H2,1H3. The van der Waals surface area contributed by atoms with Gasteiger partial charge in [-0.15, -0.1) is 0 Å². The van der Waals surface area contributed by atoms with Crippen molar-refractivity contribution in [2.24, 2.45) is 5.92 Å². The Balaban J connectivity index is 1.53. The van der Waals surface area contributed by atoms with Gasteiger partial charge >= 0.3 is 0 Å². The maximum Gasteiger partial charge on any atom is 0.183 e. The van der Waals surface area contributed by atoms with Crippen molar-refractivity contribution in [1.82, 2.24) is 0 Å². The van der Waals surface area contributed by atoms with Crippen molar-refractivity contribution in [3.8, 4) is 11.8 Å². The van der Waals surface area contributed by atoms with Crippen LogP contribution < -0.4 is 0 Å². The summed E-state index contributed by atoms with van der Waals surface area (Å²) in [5, 5.41) is 0. The molecule has 3 nitrogen and oxygen atoms in total. The van der Waals surface area contributed by atoms with Crippen LogP contribution in [0.25, 0.3) is 0 Å². The van der Waals surface area contributed by atoms with Gasteiger partial charge in [0, 0.05) is 30.3 Å². The molecule has 1 saturated heterocycles. The number of unbranched alkanes of at least 4 members (excludes halogenated alkanes) is 1. The number of hydrogen-bond acceptors (Lipinski definition) is 3. The Morgan fingerprint density at radius 1 is 0.933 bits per heavy atom. The van der Waals surface area contributed by atoms with Crippen molar-refractivity contribution in [2.45, 2.75) is 32.5 Å². The monoisotopic (exact) mass is 418 g/mol. The Morgan fingerprint density at radius 2 is 1.73 bits per heavy atom. The highest BCUT2D eigenvalue weighted by atomic mass is 19.2. The third-order valence-corrected chi connectivity index (χ3v) is 4.81. The second-order valence-corrected chi connectivity index (χ2v) is 7.24. The first-order valence-electron chi connectivity index (χ1n) is 10.1. The molecule has 0 amide bonds. The van der Waals surface area contributed by atoms with Gasteiger partial charge in [0.05, 0.1) is 18.8 Å². The van der Waals surface area contributed by atoms with Gasteiger partial charge in [-0.2, -0.15) is 0 Å². The Bertz CT molecular complexity index is 896. The van der Waals surface area contributed by atoms with Gasteiger partial charge in [-0.1, -0.05) is 31.3 Å². The molecular formula is C24H25F3O3. The topological polar surface area (TPSA) is 27.7 Å². The summed E-state index contributed by atoms with van der Waals surface area (Å²) >= 11 is 0. The molecule has 0 saturated carbocycles. The zero-order valence-electron chi connectivity index (χ0n) is 16.9. The fraction of sp³-hybridized carbons (Fsp3) is 0.417. The van der Waals surface area contributed by atoms with Crippen LogP contribution in [0, 0.1) is 35.2 Å². The van der Waals surface area contributed by atoms with Gasteiger partial charge in [0.2, 0.25) is 0 Å². The zero-order valence-corrected chi connectivity index (χ0v) is 16.9. The van der Waals surface area contributed by atoms with Crippen LogP contribution in [0.2, 0.25) is 0 Å². The van der Waals surface area contributed by atoms with Crippen molar-refractivity contribution in [2.75, 3.05) is 26.4 Å². The highest BCUT2D eigenvalue weighted by Crippen LogP contribution is 2.27. The highest BCUT2D eigenvalue weighted by Gasteiger charge is 2.24. The minimum absolute atomic E-state index is 0.154. The second-order valence-electron chi connectivity index (χ2n) is 7.24. The molecule has 0 spiro atoms. The minimum atomic E-state index is -0.991. The van der Waals surface area contributed by atoms with E-state index in [-0.39, 0.29) is 17.0 Å². The number of ether oxygens (including phenoxy) is 3. The van der Waals surface area contributed by atoms with Crippen molar-refractivity contribution in [1.29, 1.82) is 0 Å². The molecule has 0 atom stereocenters. The van der Waals surface area contributed by atoms with Crippen molar-refractivity contribution in [3.05, 3.63) is 70.5 Å². The first-order valence-corrected chi connectivity index (χ1v) is 10.1. The summed E-state index contributed by atoms with van der Waals surface area (Å²) in [6, 6.07) is 7.85. The molecule has 6 heteroatoms. The van der Waals surface area contributed by atoms with E-state index in [2.05, 4.69) is 18.8 Å². The largest absolute Gasteiger partial charge is 0.381 e. The lowest BCUT2D eigenvalue weighted by Gasteiger charge is -2.29. The van der Waals surface area contributed by atoms with Gasteiger partial charge < -0.3 is 14.2 Å². The van der Waals surface area contributed by atoms with E-state index in [4.69, 9.17) is 14.2 Å². The van der Waals surface area contributed by atoms with Crippen LogP contribution >= 0.6 is 0 Å². The van der Waals surface area contributed by atoms with E-state index in [1.54, 1.807) is 6.07 Å². The summed E-state index contributed by atoms with van der Waals surface area (Å²) in [6.45, 7) is 4.64. The molecule has 2 aromatic carbocycles. The first-order chi connectivity index (χ1) is 14.6. The summed E-state index contributed by atoms with van der Waals surface area (Å²) in [6.07, 6.45) is 2.42. The molecule has 30 heavy (non-hydrogen) atoms. The van der Waals surface area contributed by atoms with E-state index in [0.29, 0.717) is 25.4 Å². The van der Waals surface area contributed by atoms with Crippen molar-refractivity contribution in [3.63, 3.8) is 0 Å². The molecule has 160 valence electrons. The van der Waals surface area contributed by atoms with E-state index in [9.17, 15) is 13.2 Å². The Labute approximate surface area is 175 Å². The average Bonchev–Trinajstić information content (AvgIpc) is 2.75. The van der Waals surface area contributed by atoms with Gasteiger partial charge in [-0.25, -0.2) is 13.2 Å². The van der Waals surface area contributed by atoms with Gasteiger partial charge in [-0.3, -0.25) is 0 Å². The summed E-state index contributed by atoms with van der Waals surface area (Å²) in [4.78, 5) is 0. The smallest absolute Gasteiger partial charge is 0.183 e. The second kappa shape index (κ2) is 11.2. The molecule has 0 aliphatic carbocycles. The third-order valence-electron chi connectivity index (χ3n) is 4.81. The molecule has 0 unspecified atom stereocenters. The molecule has 0 N–H and O–H groups in total. The fourth-order valence-electron chi connectivity index (χ4n) is 2.99. The predicted octanol–water partition coefficient (Wildman–Crippen LogP) is 5.37. The van der Waals surface area contributed by atoms with E-state index >= 15 is 0 Å². The minimum Gasteiger partial charge on any atom is -0.381 e. The maximum atomic E-state index is 14.4. The summed E-state index contributed by atoms with van der Waals surface area (Å²) in [7, 11) is 0. The normalized spacial score (nSPS) is 18.7. The van der Waals surface area contributed by atoms with Crippen LogP contribution in [0.3, 0.4) is 0 Å². The number of hydrogen-bond donors (Lipinski definition) is 0. The Hall–Kier alpha value is -2.33. The lowest BCUT2D eigenvalue weighted by atomic mass is 10.1. The zero-order chi connectivity index (χ0) is 21.3. The summed E-state index contributed by atoms with van der Waals surface area (Å²) < 4.78 is 57.7. The van der Waals surface area contributed by atoms with Crippen molar-refractivity contribution >= 4 is 0 Å². The van der Waals surface area contributed by atoms with E-state index < -0.39 is 23.7 Å². The maximum absolute atomic E-state index is 14.4. The molecule has 1 fully saturated rings. The molecule has 0 bridgehead atoms. The lowest BCUT2D eigenvalue weighted by molar-refractivity contribution is -0.207. The molecule has 0 radical (unpaired) electrons. The fourth-order valence-corrected chi connectivity index (χ4v) is 2.99. The number of rotatable bonds is 7. The third kappa shape index (κ3) is 6.33. The number of benzene rings is 2. The molecule has 1 heterocycles. The van der Waals surface area contributed by atoms with Crippen LogP contribution in [-0.2, 0) is 14.2 Å². The Morgan fingerprint density at radius 3 is 2.43 bits per heavy atom. The van der Waals surface area contributed by atoms with E-state index in [1.807, 2.05) is 0 Å². The predicted molar refractivity (Wildman–Crippen MR) is 107 cm³/mol. The molecule has 1 aliphatic heterocycles. The van der Waals surface area contributed by atoms with Crippen LogP contribution in [0.1, 0.15) is 49.2 Å². The molecular weight excluding hydrogens is 393 g/mol. The van der Waals surface area contributed by atoms with Crippen molar-refractivity contribution < 1.29 is 27.4 Å². The lowest BCUT2D eigenvalue weighted by Crippen LogP contribution is -2.28. The van der Waals surface area contributed by atoms with Crippen LogP contribution in [-0.4, -0.2) is 26.4 Å². The summed E-state index contributed by atoms with van der Waals surface area (Å²) in [5.74, 6) is 3.07. The Kier molecular flexibility index (Phi) is 8.32. The SMILES string of the molecule is CCCCOCCC1COC(c2ccc(C#Cc3ccc(F)c(F)c3)c(F)c2)OC1. The molecule has 2 aromatic rings. The quantitative estimate of drug-likeness (QED) is 0.447. The van der Waals surface area contributed by atoms with Crippen LogP contribution in [0.5, 0.6) is 0 Å². The molecule has 0 aromatic heterocycles. The van der Waals surface area contributed by atoms with Gasteiger partial charge in [0.1, 0.15) is 5.82 Å². The van der Waals surface area contributed by atoms with Gasteiger partial charge in [0.15, 0.2) is 17.9 Å². The van der Waals surface area contributed by atoms with Crippen LogP contribution in [0.4, 0.5) is 13.2 Å². The average molecular weight is 418 g/mol.